The zero-order valence-electron chi connectivity index (χ0n) is 16.0. The Hall–Kier alpha value is -1.82. The van der Waals surface area contributed by atoms with Crippen LogP contribution in [0.3, 0.4) is 0 Å². The summed E-state index contributed by atoms with van der Waals surface area (Å²) in [5, 5.41) is 7.89. The average Bonchev–Trinajstić information content (AvgIpc) is 2.68. The molecular weight excluding hydrogens is 376 g/mol. The molecule has 4 nitrogen and oxygen atoms in total. The highest BCUT2D eigenvalue weighted by molar-refractivity contribution is 7.80. The molecule has 0 aliphatic carbocycles. The average molecular weight is 403 g/mol. The lowest BCUT2D eigenvalue weighted by Gasteiger charge is -2.36. The highest BCUT2D eigenvalue weighted by Crippen LogP contribution is 2.30. The number of halogens is 1. The summed E-state index contributed by atoms with van der Waals surface area (Å²) in [4.78, 5) is 4.86. The molecule has 0 unspecified atom stereocenters. The fraction of sp³-hybridized carbons (Fsp3) is 0.381. The minimum Gasteiger partial charge on any atom is -0.367 e. The standard InChI is InChI=1S/C21H27ClN4S/c1-3-16-6-5-7-18(14-16)23-21(27)24-19-15-17(22)8-9-20(19)26-12-10-25(4-2)11-13-26/h5-9,14-15H,3-4,10-13H2,1-2H3,(H2,23,24,27). The van der Waals surface area contributed by atoms with Gasteiger partial charge in [-0.1, -0.05) is 37.6 Å². The molecule has 0 amide bonds. The van der Waals surface area contributed by atoms with Crippen molar-refractivity contribution >= 4 is 46.0 Å². The summed E-state index contributed by atoms with van der Waals surface area (Å²) in [7, 11) is 0. The summed E-state index contributed by atoms with van der Waals surface area (Å²) in [5.41, 5.74) is 4.35. The first-order valence-corrected chi connectivity index (χ1v) is 10.3. The largest absolute Gasteiger partial charge is 0.367 e. The van der Waals surface area contributed by atoms with Gasteiger partial charge in [0.1, 0.15) is 0 Å². The molecular formula is C21H27ClN4S. The number of benzene rings is 2. The van der Waals surface area contributed by atoms with E-state index in [1.54, 1.807) is 0 Å². The highest BCUT2D eigenvalue weighted by atomic mass is 35.5. The predicted octanol–water partition coefficient (Wildman–Crippen LogP) is 4.85. The molecule has 0 bridgehead atoms. The number of hydrogen-bond donors (Lipinski definition) is 2. The van der Waals surface area contributed by atoms with Crippen molar-refractivity contribution in [1.29, 1.82) is 0 Å². The van der Waals surface area contributed by atoms with Gasteiger partial charge in [0.2, 0.25) is 0 Å². The summed E-state index contributed by atoms with van der Waals surface area (Å²) >= 11 is 11.8. The van der Waals surface area contributed by atoms with Gasteiger partial charge in [-0.05, 0) is 61.1 Å². The molecule has 144 valence electrons. The lowest BCUT2D eigenvalue weighted by atomic mass is 10.1. The smallest absolute Gasteiger partial charge is 0.175 e. The number of likely N-dealkylation sites (N-methyl/N-ethyl adjacent to an activating group) is 1. The summed E-state index contributed by atoms with van der Waals surface area (Å²) in [5.74, 6) is 0. The fourth-order valence-corrected chi connectivity index (χ4v) is 3.74. The molecule has 0 radical (unpaired) electrons. The maximum atomic E-state index is 6.25. The van der Waals surface area contributed by atoms with Crippen molar-refractivity contribution in [2.24, 2.45) is 0 Å². The number of hydrogen-bond acceptors (Lipinski definition) is 3. The SMILES string of the molecule is CCc1cccc(NC(=S)Nc2cc(Cl)ccc2N2CCN(CC)CC2)c1. The molecule has 1 saturated heterocycles. The van der Waals surface area contributed by atoms with Crippen molar-refractivity contribution in [2.45, 2.75) is 20.3 Å². The maximum Gasteiger partial charge on any atom is 0.175 e. The Labute approximate surface area is 172 Å². The zero-order valence-corrected chi connectivity index (χ0v) is 17.5. The molecule has 1 heterocycles. The van der Waals surface area contributed by atoms with Gasteiger partial charge in [-0.25, -0.2) is 0 Å². The summed E-state index contributed by atoms with van der Waals surface area (Å²) in [6.45, 7) is 9.61. The summed E-state index contributed by atoms with van der Waals surface area (Å²) in [6, 6.07) is 14.3. The van der Waals surface area contributed by atoms with E-state index in [0.717, 1.165) is 56.2 Å². The van der Waals surface area contributed by atoms with Crippen LogP contribution in [0.4, 0.5) is 17.1 Å². The number of nitrogens with one attached hydrogen (secondary N) is 2. The predicted molar refractivity (Wildman–Crippen MR) is 121 cm³/mol. The number of piperazine rings is 1. The Morgan fingerprint density at radius 3 is 2.52 bits per heavy atom. The lowest BCUT2D eigenvalue weighted by Crippen LogP contribution is -2.46. The van der Waals surface area contributed by atoms with Crippen LogP contribution in [0.1, 0.15) is 19.4 Å². The highest BCUT2D eigenvalue weighted by Gasteiger charge is 2.19. The Kier molecular flexibility index (Phi) is 6.94. The first-order valence-electron chi connectivity index (χ1n) is 9.53. The summed E-state index contributed by atoms with van der Waals surface area (Å²) in [6.07, 6.45) is 0.998. The van der Waals surface area contributed by atoms with Gasteiger partial charge < -0.3 is 20.4 Å². The van der Waals surface area contributed by atoms with E-state index in [1.807, 2.05) is 24.3 Å². The number of rotatable bonds is 5. The second-order valence-electron chi connectivity index (χ2n) is 6.72. The van der Waals surface area contributed by atoms with Crippen LogP contribution in [0.15, 0.2) is 42.5 Å². The molecule has 6 heteroatoms. The Balaban J connectivity index is 1.72. The van der Waals surface area contributed by atoms with E-state index < -0.39 is 0 Å². The van der Waals surface area contributed by atoms with Gasteiger partial charge in [-0.2, -0.15) is 0 Å². The van der Waals surface area contributed by atoms with E-state index in [9.17, 15) is 0 Å². The van der Waals surface area contributed by atoms with E-state index in [0.29, 0.717) is 10.1 Å². The fourth-order valence-electron chi connectivity index (χ4n) is 3.34. The number of aryl methyl sites for hydroxylation is 1. The normalized spacial score (nSPS) is 14.9. The maximum absolute atomic E-state index is 6.25. The van der Waals surface area contributed by atoms with Gasteiger partial charge in [0.15, 0.2) is 5.11 Å². The van der Waals surface area contributed by atoms with Crippen LogP contribution >= 0.6 is 23.8 Å². The van der Waals surface area contributed by atoms with Crippen LogP contribution in [0.2, 0.25) is 5.02 Å². The van der Waals surface area contributed by atoms with Crippen molar-refractivity contribution in [3.8, 4) is 0 Å². The zero-order chi connectivity index (χ0) is 19.2. The summed E-state index contributed by atoms with van der Waals surface area (Å²) < 4.78 is 0. The molecule has 3 rings (SSSR count). The second-order valence-corrected chi connectivity index (χ2v) is 7.56. The van der Waals surface area contributed by atoms with Gasteiger partial charge in [-0.15, -0.1) is 0 Å². The van der Waals surface area contributed by atoms with E-state index in [1.165, 1.54) is 5.56 Å². The van der Waals surface area contributed by atoms with E-state index in [2.05, 4.69) is 52.5 Å². The minimum atomic E-state index is 0.568. The monoisotopic (exact) mass is 402 g/mol. The topological polar surface area (TPSA) is 30.5 Å². The lowest BCUT2D eigenvalue weighted by molar-refractivity contribution is 0.271. The van der Waals surface area contributed by atoms with Gasteiger partial charge in [0.25, 0.3) is 0 Å². The van der Waals surface area contributed by atoms with Crippen molar-refractivity contribution in [2.75, 3.05) is 48.3 Å². The number of anilines is 3. The quantitative estimate of drug-likeness (QED) is 0.698. The van der Waals surface area contributed by atoms with Gasteiger partial charge >= 0.3 is 0 Å². The van der Waals surface area contributed by atoms with E-state index >= 15 is 0 Å². The van der Waals surface area contributed by atoms with Crippen LogP contribution in [0.5, 0.6) is 0 Å². The molecule has 2 N–H and O–H groups in total. The van der Waals surface area contributed by atoms with Crippen LogP contribution in [-0.4, -0.2) is 42.7 Å². The van der Waals surface area contributed by atoms with Crippen molar-refractivity contribution in [3.63, 3.8) is 0 Å². The van der Waals surface area contributed by atoms with E-state index in [-0.39, 0.29) is 0 Å². The molecule has 0 atom stereocenters. The molecule has 2 aromatic carbocycles. The van der Waals surface area contributed by atoms with Crippen LogP contribution in [-0.2, 0) is 6.42 Å². The third kappa shape index (κ3) is 5.34. The third-order valence-electron chi connectivity index (χ3n) is 4.96. The molecule has 27 heavy (non-hydrogen) atoms. The van der Waals surface area contributed by atoms with Gasteiger partial charge in [0, 0.05) is 36.9 Å². The second kappa shape index (κ2) is 9.40. The molecule has 1 aliphatic rings. The first kappa shape index (κ1) is 19.9. The number of thiocarbonyl (C=S) groups is 1. The van der Waals surface area contributed by atoms with Crippen molar-refractivity contribution in [1.82, 2.24) is 4.90 Å². The third-order valence-corrected chi connectivity index (χ3v) is 5.40. The van der Waals surface area contributed by atoms with Crippen molar-refractivity contribution < 1.29 is 0 Å². The Bertz CT molecular complexity index is 788. The molecule has 0 aromatic heterocycles. The van der Waals surface area contributed by atoms with Gasteiger partial charge in [0.05, 0.1) is 11.4 Å². The number of nitrogens with zero attached hydrogens (tertiary/aromatic N) is 2. The molecule has 1 aliphatic heterocycles. The molecule has 0 saturated carbocycles. The van der Waals surface area contributed by atoms with Crippen molar-refractivity contribution in [3.05, 3.63) is 53.1 Å². The van der Waals surface area contributed by atoms with Crippen LogP contribution in [0, 0.1) is 0 Å². The van der Waals surface area contributed by atoms with Gasteiger partial charge in [-0.3, -0.25) is 0 Å². The molecule has 1 fully saturated rings. The van der Waals surface area contributed by atoms with E-state index in [4.69, 9.17) is 23.8 Å². The minimum absolute atomic E-state index is 0.568. The molecule has 0 spiro atoms. The Morgan fingerprint density at radius 2 is 1.81 bits per heavy atom. The van der Waals surface area contributed by atoms with Crippen LogP contribution in [0.25, 0.3) is 0 Å². The molecule has 2 aromatic rings. The Morgan fingerprint density at radius 1 is 1.04 bits per heavy atom. The van der Waals surface area contributed by atoms with Crippen LogP contribution < -0.4 is 15.5 Å². The first-order chi connectivity index (χ1) is 13.1.